The number of para-hydroxylation sites is 2. The Morgan fingerprint density at radius 3 is 2.80 bits per heavy atom. The van der Waals surface area contributed by atoms with Crippen molar-refractivity contribution in [3.05, 3.63) is 41.3 Å². The third-order valence-corrected chi connectivity index (χ3v) is 3.08. The van der Waals surface area contributed by atoms with E-state index in [-0.39, 0.29) is 12.5 Å². The van der Waals surface area contributed by atoms with Crippen LogP contribution < -0.4 is 14.8 Å². The van der Waals surface area contributed by atoms with Gasteiger partial charge in [0.1, 0.15) is 11.2 Å². The molecular weight excluding hydrogens is 326 g/mol. The van der Waals surface area contributed by atoms with E-state index in [0.29, 0.717) is 21.9 Å². The molecule has 1 aliphatic rings. The van der Waals surface area contributed by atoms with Crippen LogP contribution in [0.1, 0.15) is 0 Å². The molecule has 0 radical (unpaired) electrons. The fraction of sp³-hybridized carbons (Fsp3) is 0.154. The normalized spacial score (nSPS) is 16.6. The Hall–Kier alpha value is -2.15. The molecule has 2 aromatic rings. The van der Waals surface area contributed by atoms with Crippen molar-refractivity contribution < 1.29 is 14.3 Å². The number of hydrogen-bond acceptors (Lipinski definition) is 5. The minimum Gasteiger partial charge on any atom is -0.485 e. The third-order valence-electron chi connectivity index (χ3n) is 2.67. The lowest BCUT2D eigenvalue weighted by Crippen LogP contribution is -2.40. The summed E-state index contributed by atoms with van der Waals surface area (Å²) in [6, 6.07) is 7.22. The maximum absolute atomic E-state index is 12.1. The summed E-state index contributed by atoms with van der Waals surface area (Å²) in [5.41, 5.74) is 0. The quantitative estimate of drug-likeness (QED) is 0.908. The maximum atomic E-state index is 12.1. The molecule has 2 heterocycles. The summed E-state index contributed by atoms with van der Waals surface area (Å²) in [6.45, 7) is 0.160. The van der Waals surface area contributed by atoms with Crippen molar-refractivity contribution in [1.29, 1.82) is 0 Å². The van der Waals surface area contributed by atoms with E-state index in [9.17, 15) is 4.79 Å². The molecule has 7 heteroatoms. The molecule has 3 rings (SSSR count). The van der Waals surface area contributed by atoms with Crippen LogP contribution in [-0.4, -0.2) is 28.6 Å². The predicted octanol–water partition coefficient (Wildman–Crippen LogP) is 2.02. The van der Waals surface area contributed by atoms with Gasteiger partial charge in [0.2, 0.25) is 6.10 Å². The van der Waals surface area contributed by atoms with Crippen LogP contribution >= 0.6 is 15.9 Å². The van der Waals surface area contributed by atoms with Crippen molar-refractivity contribution in [2.45, 2.75) is 6.10 Å². The number of amides is 1. The van der Waals surface area contributed by atoms with E-state index >= 15 is 0 Å². The zero-order valence-corrected chi connectivity index (χ0v) is 11.8. The highest BCUT2D eigenvalue weighted by Crippen LogP contribution is 2.31. The second-order valence-corrected chi connectivity index (χ2v) is 4.89. The third kappa shape index (κ3) is 2.72. The molecule has 1 N–H and O–H groups in total. The largest absolute Gasteiger partial charge is 0.485 e. The lowest BCUT2D eigenvalue weighted by molar-refractivity contribution is -0.125. The minimum atomic E-state index is -0.713. The van der Waals surface area contributed by atoms with E-state index in [4.69, 9.17) is 9.47 Å². The molecule has 102 valence electrons. The van der Waals surface area contributed by atoms with Gasteiger partial charge < -0.3 is 14.8 Å². The average Bonchev–Trinajstić information content (AvgIpc) is 2.49. The zero-order chi connectivity index (χ0) is 13.9. The van der Waals surface area contributed by atoms with Crippen LogP contribution in [0.4, 0.5) is 5.82 Å². The first-order chi connectivity index (χ1) is 9.72. The smallest absolute Gasteiger partial charge is 0.270 e. The van der Waals surface area contributed by atoms with E-state index < -0.39 is 6.10 Å². The zero-order valence-electron chi connectivity index (χ0n) is 10.2. The molecule has 0 aliphatic carbocycles. The summed E-state index contributed by atoms with van der Waals surface area (Å²) in [5.74, 6) is 1.23. The molecule has 1 aliphatic heterocycles. The first kappa shape index (κ1) is 12.9. The van der Waals surface area contributed by atoms with E-state index in [1.54, 1.807) is 12.1 Å². The molecule has 20 heavy (non-hydrogen) atoms. The van der Waals surface area contributed by atoms with E-state index in [0.717, 1.165) is 0 Å². The Bertz CT molecular complexity index is 633. The number of carbonyl (C=O) groups excluding carboxylic acids is 1. The number of anilines is 1. The Morgan fingerprint density at radius 1 is 1.25 bits per heavy atom. The SMILES string of the molecule is O=C(Nc1cnc(Br)cn1)C1COc2ccccc2O1. The Morgan fingerprint density at radius 2 is 2.05 bits per heavy atom. The van der Waals surface area contributed by atoms with Gasteiger partial charge in [0.15, 0.2) is 17.3 Å². The highest BCUT2D eigenvalue weighted by Gasteiger charge is 2.27. The van der Waals surface area contributed by atoms with Gasteiger partial charge in [0, 0.05) is 0 Å². The average molecular weight is 336 g/mol. The molecule has 6 nitrogen and oxygen atoms in total. The topological polar surface area (TPSA) is 73.3 Å². The number of aromatic nitrogens is 2. The standard InChI is InChI=1S/C13H10BrN3O3/c14-11-5-16-12(6-15-11)17-13(18)10-7-19-8-3-1-2-4-9(8)20-10/h1-6,10H,7H2,(H,16,17,18). The van der Waals surface area contributed by atoms with E-state index in [1.807, 2.05) is 12.1 Å². The Labute approximate surface area is 123 Å². The van der Waals surface area contributed by atoms with Gasteiger partial charge in [0.05, 0.1) is 12.4 Å². The van der Waals surface area contributed by atoms with Gasteiger partial charge in [-0.2, -0.15) is 0 Å². The summed E-state index contributed by atoms with van der Waals surface area (Å²) >= 11 is 3.18. The van der Waals surface area contributed by atoms with E-state index in [1.165, 1.54) is 12.4 Å². The van der Waals surface area contributed by atoms with Crippen LogP contribution in [0.3, 0.4) is 0 Å². The molecule has 0 fully saturated rings. The van der Waals surface area contributed by atoms with Crippen molar-refractivity contribution >= 4 is 27.7 Å². The number of nitrogens with one attached hydrogen (secondary N) is 1. The Balaban J connectivity index is 1.68. The lowest BCUT2D eigenvalue weighted by atomic mass is 10.2. The second-order valence-electron chi connectivity index (χ2n) is 4.08. The van der Waals surface area contributed by atoms with Gasteiger partial charge in [-0.1, -0.05) is 12.1 Å². The monoisotopic (exact) mass is 335 g/mol. The predicted molar refractivity (Wildman–Crippen MR) is 74.7 cm³/mol. The molecule has 1 aromatic carbocycles. The summed E-state index contributed by atoms with van der Waals surface area (Å²) in [7, 11) is 0. The van der Waals surface area contributed by atoms with E-state index in [2.05, 4.69) is 31.2 Å². The number of nitrogens with zero attached hydrogens (tertiary/aromatic N) is 2. The van der Waals surface area contributed by atoms with Crippen LogP contribution in [0.15, 0.2) is 41.3 Å². The van der Waals surface area contributed by atoms with Gasteiger partial charge in [0.25, 0.3) is 5.91 Å². The van der Waals surface area contributed by atoms with Gasteiger partial charge in [-0.15, -0.1) is 0 Å². The van der Waals surface area contributed by atoms with Gasteiger partial charge in [-0.3, -0.25) is 4.79 Å². The molecule has 0 saturated heterocycles. The number of benzene rings is 1. The lowest BCUT2D eigenvalue weighted by Gasteiger charge is -2.25. The molecule has 1 unspecified atom stereocenters. The number of fused-ring (bicyclic) bond motifs is 1. The van der Waals surface area contributed by atoms with Gasteiger partial charge >= 0.3 is 0 Å². The molecule has 0 bridgehead atoms. The van der Waals surface area contributed by atoms with Crippen molar-refractivity contribution in [1.82, 2.24) is 9.97 Å². The molecule has 1 aromatic heterocycles. The summed E-state index contributed by atoms with van der Waals surface area (Å²) in [6.07, 6.45) is 2.25. The van der Waals surface area contributed by atoms with Crippen molar-refractivity contribution in [2.24, 2.45) is 0 Å². The van der Waals surface area contributed by atoms with Crippen LogP contribution in [0.5, 0.6) is 11.5 Å². The number of rotatable bonds is 2. The van der Waals surface area contributed by atoms with Crippen LogP contribution in [0, 0.1) is 0 Å². The first-order valence-corrected chi connectivity index (χ1v) is 6.68. The van der Waals surface area contributed by atoms with Crippen molar-refractivity contribution in [3.63, 3.8) is 0 Å². The van der Waals surface area contributed by atoms with Crippen LogP contribution in [0.2, 0.25) is 0 Å². The fourth-order valence-corrected chi connectivity index (χ4v) is 1.94. The second kappa shape index (κ2) is 5.46. The number of carbonyl (C=O) groups is 1. The first-order valence-electron chi connectivity index (χ1n) is 5.89. The van der Waals surface area contributed by atoms with Crippen molar-refractivity contribution in [3.8, 4) is 11.5 Å². The summed E-state index contributed by atoms with van der Waals surface area (Å²) < 4.78 is 11.7. The Kier molecular flexibility index (Phi) is 3.51. The van der Waals surface area contributed by atoms with Crippen molar-refractivity contribution in [2.75, 3.05) is 11.9 Å². The summed E-state index contributed by atoms with van der Waals surface area (Å²) in [4.78, 5) is 20.1. The maximum Gasteiger partial charge on any atom is 0.270 e. The molecule has 1 amide bonds. The number of halogens is 1. The fourth-order valence-electron chi connectivity index (χ4n) is 1.73. The number of ether oxygens (including phenoxy) is 2. The highest BCUT2D eigenvalue weighted by molar-refractivity contribution is 9.10. The number of hydrogen-bond donors (Lipinski definition) is 1. The van der Waals surface area contributed by atoms with Gasteiger partial charge in [-0.05, 0) is 28.1 Å². The van der Waals surface area contributed by atoms with Gasteiger partial charge in [-0.25, -0.2) is 9.97 Å². The summed E-state index contributed by atoms with van der Waals surface area (Å²) in [5, 5.41) is 2.63. The molecule has 0 saturated carbocycles. The molecule has 0 spiro atoms. The highest BCUT2D eigenvalue weighted by atomic mass is 79.9. The molecule has 1 atom stereocenters. The van der Waals surface area contributed by atoms with Crippen LogP contribution in [-0.2, 0) is 4.79 Å². The molecular formula is C13H10BrN3O3. The van der Waals surface area contributed by atoms with Crippen LogP contribution in [0.25, 0.3) is 0 Å². The minimum absolute atomic E-state index is 0.160.